The van der Waals surface area contributed by atoms with Crippen molar-refractivity contribution in [2.45, 2.75) is 11.8 Å². The summed E-state index contributed by atoms with van der Waals surface area (Å²) in [6, 6.07) is 11.2. The standard InChI is InChI=1S/C18H15NO7S/c19-18-17(26-27(21,22)9-11-4-2-1-3-5-11)15(20)16(25-18)12-6-7-13-14(8-12)24-10-23-13/h1-8,16H,9-10,19H2/t16-/m1/s1/i9D2,16D. The van der Waals surface area contributed by atoms with Crippen LogP contribution in [0.15, 0.2) is 60.2 Å². The Morgan fingerprint density at radius 3 is 2.70 bits per heavy atom. The molecule has 27 heavy (non-hydrogen) atoms. The van der Waals surface area contributed by atoms with Gasteiger partial charge >= 0.3 is 10.1 Å². The lowest BCUT2D eigenvalue weighted by atomic mass is 10.1. The molecule has 0 aromatic heterocycles. The Kier molecular flexibility index (Phi) is 3.36. The molecule has 140 valence electrons. The number of hydrogen-bond donors (Lipinski definition) is 1. The number of ketones is 1. The SMILES string of the molecule is [2H]C([2H])(c1ccccc1)S(=O)(=O)OC1=C(N)O[C@]([2H])(c2ccc3c(c2)OCO3)C1=O. The summed E-state index contributed by atoms with van der Waals surface area (Å²) in [6.07, 6.45) is -2.44. The summed E-state index contributed by atoms with van der Waals surface area (Å²) in [5.41, 5.74) is 2.44. The summed E-state index contributed by atoms with van der Waals surface area (Å²) in [6.45, 7) is -0.0276. The average Bonchev–Trinajstić information content (AvgIpc) is 3.27. The second-order valence-electron chi connectivity index (χ2n) is 5.53. The minimum absolute atomic E-state index is 0.00164. The third kappa shape index (κ3) is 3.41. The zero-order chi connectivity index (χ0) is 21.7. The summed E-state index contributed by atoms with van der Waals surface area (Å²) in [7, 11) is -5.04. The maximum Gasteiger partial charge on any atom is 0.313 e. The first-order chi connectivity index (χ1) is 14.1. The number of carbonyl (C=O) groups excluding carboxylic acids is 1. The van der Waals surface area contributed by atoms with Gasteiger partial charge in [-0.3, -0.25) is 4.79 Å². The van der Waals surface area contributed by atoms with Gasteiger partial charge in [-0.1, -0.05) is 36.4 Å². The van der Waals surface area contributed by atoms with Gasteiger partial charge in [-0.15, -0.1) is 0 Å². The van der Waals surface area contributed by atoms with Crippen LogP contribution in [0.3, 0.4) is 0 Å². The second-order valence-corrected chi connectivity index (χ2v) is 6.81. The van der Waals surface area contributed by atoms with E-state index in [0.29, 0.717) is 5.75 Å². The van der Waals surface area contributed by atoms with E-state index >= 15 is 0 Å². The van der Waals surface area contributed by atoms with Crippen molar-refractivity contribution in [2.75, 3.05) is 6.79 Å². The summed E-state index contributed by atoms with van der Waals surface area (Å²) < 4.78 is 69.9. The number of ether oxygens (including phenoxy) is 3. The minimum Gasteiger partial charge on any atom is -0.460 e. The molecule has 2 heterocycles. The molecule has 9 heteroatoms. The van der Waals surface area contributed by atoms with E-state index in [9.17, 15) is 13.2 Å². The first-order valence-electron chi connectivity index (χ1n) is 9.19. The van der Waals surface area contributed by atoms with E-state index in [-0.39, 0.29) is 23.7 Å². The molecule has 0 unspecified atom stereocenters. The first kappa shape index (κ1) is 13.9. The van der Waals surface area contributed by atoms with Crippen molar-refractivity contribution < 1.29 is 35.7 Å². The highest BCUT2D eigenvalue weighted by Gasteiger charge is 2.40. The molecule has 0 saturated heterocycles. The van der Waals surface area contributed by atoms with Crippen LogP contribution in [0.4, 0.5) is 0 Å². The van der Waals surface area contributed by atoms with E-state index in [4.69, 9.17) is 28.2 Å². The van der Waals surface area contributed by atoms with Crippen LogP contribution in [-0.2, 0) is 29.5 Å². The molecule has 2 N–H and O–H groups in total. The van der Waals surface area contributed by atoms with Gasteiger partial charge in [0.25, 0.3) is 0 Å². The Hall–Kier alpha value is -3.20. The highest BCUT2D eigenvalue weighted by molar-refractivity contribution is 7.86. The van der Waals surface area contributed by atoms with E-state index in [1.807, 2.05) is 0 Å². The molecular weight excluding hydrogens is 374 g/mol. The van der Waals surface area contributed by atoms with Crippen LogP contribution >= 0.6 is 0 Å². The van der Waals surface area contributed by atoms with Gasteiger partial charge in [0.1, 0.15) is 5.70 Å². The molecule has 8 nitrogen and oxygen atoms in total. The van der Waals surface area contributed by atoms with Crippen molar-refractivity contribution in [3.05, 3.63) is 71.3 Å². The maximum atomic E-state index is 12.8. The largest absolute Gasteiger partial charge is 0.460 e. The Bertz CT molecular complexity index is 1170. The average molecular weight is 392 g/mol. The summed E-state index contributed by atoms with van der Waals surface area (Å²) in [5.74, 6) is -2.24. The fourth-order valence-electron chi connectivity index (χ4n) is 2.51. The molecule has 2 aliphatic rings. The van der Waals surface area contributed by atoms with E-state index < -0.39 is 39.3 Å². The number of carbonyl (C=O) groups is 1. The van der Waals surface area contributed by atoms with Crippen LogP contribution in [0.2, 0.25) is 0 Å². The monoisotopic (exact) mass is 392 g/mol. The third-order valence-electron chi connectivity index (χ3n) is 3.69. The Morgan fingerprint density at radius 2 is 1.93 bits per heavy atom. The van der Waals surface area contributed by atoms with E-state index in [1.54, 1.807) is 6.07 Å². The highest BCUT2D eigenvalue weighted by atomic mass is 32.2. The molecule has 1 atom stereocenters. The fourth-order valence-corrected chi connectivity index (χ4v) is 3.35. The van der Waals surface area contributed by atoms with Crippen LogP contribution in [0, 0.1) is 0 Å². The topological polar surface area (TPSA) is 114 Å². The summed E-state index contributed by atoms with van der Waals surface area (Å²) in [5, 5.41) is 0. The molecule has 2 aliphatic heterocycles. The molecule has 2 aromatic rings. The second kappa shape index (κ2) is 6.51. The minimum atomic E-state index is -5.04. The predicted octanol–water partition coefficient (Wildman–Crippen LogP) is 1.73. The van der Waals surface area contributed by atoms with Crippen molar-refractivity contribution >= 4 is 15.9 Å². The van der Waals surface area contributed by atoms with Crippen LogP contribution in [0.1, 0.15) is 21.3 Å². The number of fused-ring (bicyclic) bond motifs is 1. The number of Topliss-reactive ketones (excluding diaryl/α,β-unsaturated/α-hetero) is 1. The number of hydrogen-bond acceptors (Lipinski definition) is 8. The Labute approximate surface area is 159 Å². The van der Waals surface area contributed by atoms with E-state index in [1.165, 1.54) is 42.5 Å². The maximum absolute atomic E-state index is 12.8. The van der Waals surface area contributed by atoms with Gasteiger partial charge in [-0.05, 0) is 17.7 Å². The molecule has 0 saturated carbocycles. The third-order valence-corrected chi connectivity index (χ3v) is 4.56. The van der Waals surface area contributed by atoms with Crippen LogP contribution < -0.4 is 15.2 Å². The van der Waals surface area contributed by atoms with Crippen LogP contribution in [-0.4, -0.2) is 21.0 Å². The van der Waals surface area contributed by atoms with Gasteiger partial charge in [-0.25, -0.2) is 0 Å². The Morgan fingerprint density at radius 1 is 1.19 bits per heavy atom. The fraction of sp³-hybridized carbons (Fsp3) is 0.167. The van der Waals surface area contributed by atoms with E-state index in [0.717, 1.165) is 0 Å². The van der Waals surface area contributed by atoms with Gasteiger partial charge in [-0.2, -0.15) is 8.42 Å². The van der Waals surface area contributed by atoms with Gasteiger partial charge in [0.05, 0.1) is 4.11 Å². The van der Waals surface area contributed by atoms with Gasteiger partial charge < -0.3 is 24.1 Å². The zero-order valence-electron chi connectivity index (χ0n) is 16.7. The lowest BCUT2D eigenvalue weighted by Gasteiger charge is -2.10. The summed E-state index contributed by atoms with van der Waals surface area (Å²) in [4.78, 5) is 12.8. The van der Waals surface area contributed by atoms with Crippen LogP contribution in [0.5, 0.6) is 11.5 Å². The summed E-state index contributed by atoms with van der Waals surface area (Å²) >= 11 is 0. The highest BCUT2D eigenvalue weighted by Crippen LogP contribution is 2.38. The van der Waals surface area contributed by atoms with Crippen molar-refractivity contribution in [1.82, 2.24) is 0 Å². The number of nitrogens with two attached hydrogens (primary N) is 1. The molecule has 4 rings (SSSR count). The molecule has 0 amide bonds. The number of benzene rings is 2. The van der Waals surface area contributed by atoms with Crippen molar-refractivity contribution in [1.29, 1.82) is 0 Å². The molecule has 0 bridgehead atoms. The van der Waals surface area contributed by atoms with Gasteiger partial charge in [0.2, 0.25) is 24.2 Å². The molecule has 0 radical (unpaired) electrons. The van der Waals surface area contributed by atoms with Crippen molar-refractivity contribution in [3.8, 4) is 11.5 Å². The molecule has 0 spiro atoms. The normalized spacial score (nSPS) is 23.4. The smallest absolute Gasteiger partial charge is 0.313 e. The lowest BCUT2D eigenvalue weighted by Crippen LogP contribution is -2.16. The lowest BCUT2D eigenvalue weighted by molar-refractivity contribution is -0.123. The van der Waals surface area contributed by atoms with Gasteiger partial charge in [0, 0.05) is 5.56 Å². The van der Waals surface area contributed by atoms with Crippen molar-refractivity contribution in [3.63, 3.8) is 0 Å². The molecular formula is C18H15NO7S. The van der Waals surface area contributed by atoms with Gasteiger partial charge in [0.15, 0.2) is 17.6 Å². The first-order valence-corrected chi connectivity index (χ1v) is 9.10. The van der Waals surface area contributed by atoms with E-state index in [2.05, 4.69) is 0 Å². The zero-order valence-corrected chi connectivity index (χ0v) is 14.5. The van der Waals surface area contributed by atoms with Crippen LogP contribution in [0.25, 0.3) is 0 Å². The van der Waals surface area contributed by atoms with Crippen molar-refractivity contribution in [2.24, 2.45) is 5.73 Å². The number of rotatable bonds is 5. The molecule has 0 fully saturated rings. The quantitative estimate of drug-likeness (QED) is 0.765. The molecule has 2 aromatic carbocycles. The Balaban J connectivity index is 1.64. The predicted molar refractivity (Wildman–Crippen MR) is 92.8 cm³/mol. The molecule has 0 aliphatic carbocycles.